The first kappa shape index (κ1) is 14.5. The average Bonchev–Trinajstić information content (AvgIpc) is 2.77. The summed E-state index contributed by atoms with van der Waals surface area (Å²) < 4.78 is 5.59. The summed E-state index contributed by atoms with van der Waals surface area (Å²) in [5.74, 6) is -0.787. The van der Waals surface area contributed by atoms with Crippen LogP contribution in [0.25, 0.3) is 0 Å². The lowest BCUT2D eigenvalue weighted by Gasteiger charge is -2.31. The summed E-state index contributed by atoms with van der Waals surface area (Å²) in [5.41, 5.74) is 0. The predicted octanol–water partition coefficient (Wildman–Crippen LogP) is 2.51. The van der Waals surface area contributed by atoms with Gasteiger partial charge in [0.15, 0.2) is 0 Å². The van der Waals surface area contributed by atoms with Crippen LogP contribution in [0.5, 0.6) is 0 Å². The molecule has 2 heterocycles. The number of thiophene rings is 1. The second-order valence-electron chi connectivity index (χ2n) is 5.00. The zero-order chi connectivity index (χ0) is 13.7. The molecular formula is C14H21NO3S. The van der Waals surface area contributed by atoms with E-state index >= 15 is 0 Å². The van der Waals surface area contributed by atoms with Gasteiger partial charge in [0.2, 0.25) is 0 Å². The molecule has 4 nitrogen and oxygen atoms in total. The number of nitrogens with zero attached hydrogens (tertiary/aromatic N) is 1. The fraction of sp³-hybridized carbons (Fsp3) is 0.643. The van der Waals surface area contributed by atoms with Crippen molar-refractivity contribution in [2.45, 2.75) is 38.8 Å². The van der Waals surface area contributed by atoms with Crippen LogP contribution in [0, 0.1) is 6.92 Å². The molecule has 1 saturated heterocycles. The highest BCUT2D eigenvalue weighted by atomic mass is 32.1. The van der Waals surface area contributed by atoms with Gasteiger partial charge in [0.05, 0.1) is 19.1 Å². The van der Waals surface area contributed by atoms with Gasteiger partial charge in [-0.2, -0.15) is 0 Å². The van der Waals surface area contributed by atoms with Crippen molar-refractivity contribution in [3.63, 3.8) is 0 Å². The number of carbonyl (C=O) groups is 1. The van der Waals surface area contributed by atoms with E-state index < -0.39 is 5.97 Å². The number of likely N-dealkylation sites (tertiary alicyclic amines) is 1. The van der Waals surface area contributed by atoms with Crippen molar-refractivity contribution in [1.29, 1.82) is 0 Å². The van der Waals surface area contributed by atoms with Gasteiger partial charge in [0.1, 0.15) is 0 Å². The number of piperidine rings is 1. The lowest BCUT2D eigenvalue weighted by atomic mass is 10.1. The molecule has 106 valence electrons. The van der Waals surface area contributed by atoms with E-state index in [-0.39, 0.29) is 12.5 Å². The van der Waals surface area contributed by atoms with Gasteiger partial charge < -0.3 is 9.84 Å². The fourth-order valence-corrected chi connectivity index (χ4v) is 3.27. The van der Waals surface area contributed by atoms with E-state index in [4.69, 9.17) is 9.84 Å². The number of carboxylic acids is 1. The van der Waals surface area contributed by atoms with E-state index in [9.17, 15) is 4.79 Å². The van der Waals surface area contributed by atoms with Gasteiger partial charge in [-0.15, -0.1) is 11.3 Å². The van der Waals surface area contributed by atoms with Gasteiger partial charge in [-0.1, -0.05) is 0 Å². The van der Waals surface area contributed by atoms with E-state index in [1.165, 1.54) is 9.75 Å². The predicted molar refractivity (Wildman–Crippen MR) is 75.6 cm³/mol. The maximum absolute atomic E-state index is 10.4. The Labute approximate surface area is 118 Å². The fourth-order valence-electron chi connectivity index (χ4n) is 2.34. The number of hydrogen-bond donors (Lipinski definition) is 1. The number of hydrogen-bond acceptors (Lipinski definition) is 4. The summed E-state index contributed by atoms with van der Waals surface area (Å²) in [7, 11) is 0. The summed E-state index contributed by atoms with van der Waals surface area (Å²) in [6.45, 7) is 5.57. The van der Waals surface area contributed by atoms with E-state index in [0.29, 0.717) is 6.61 Å². The Morgan fingerprint density at radius 1 is 1.47 bits per heavy atom. The molecule has 0 saturated carbocycles. The second-order valence-corrected chi connectivity index (χ2v) is 6.37. The van der Waals surface area contributed by atoms with E-state index in [1.807, 2.05) is 11.3 Å². The first-order valence-electron chi connectivity index (χ1n) is 6.74. The number of rotatable bonds is 6. The molecule has 0 atom stereocenters. The third-order valence-electron chi connectivity index (χ3n) is 3.38. The van der Waals surface area contributed by atoms with Crippen molar-refractivity contribution in [2.24, 2.45) is 0 Å². The van der Waals surface area contributed by atoms with Crippen molar-refractivity contribution in [2.75, 3.05) is 19.7 Å². The van der Waals surface area contributed by atoms with Gasteiger partial charge in [-0.3, -0.25) is 9.69 Å². The normalized spacial score (nSPS) is 17.7. The van der Waals surface area contributed by atoms with Crippen LogP contribution in [-0.4, -0.2) is 41.8 Å². The highest BCUT2D eigenvalue weighted by Crippen LogP contribution is 2.20. The average molecular weight is 283 g/mol. The molecular weight excluding hydrogens is 262 g/mol. The summed E-state index contributed by atoms with van der Waals surface area (Å²) in [6.07, 6.45) is 2.35. The number of ether oxygens (including phenoxy) is 1. The molecule has 1 fully saturated rings. The maximum atomic E-state index is 10.4. The summed E-state index contributed by atoms with van der Waals surface area (Å²) in [6, 6.07) is 4.37. The molecule has 0 aliphatic carbocycles. The molecule has 0 spiro atoms. The minimum absolute atomic E-state index is 0.106. The van der Waals surface area contributed by atoms with Gasteiger partial charge in [-0.25, -0.2) is 0 Å². The Hall–Kier alpha value is -0.910. The van der Waals surface area contributed by atoms with Crippen molar-refractivity contribution in [1.82, 2.24) is 4.90 Å². The Balaban J connectivity index is 1.66. The zero-order valence-corrected chi connectivity index (χ0v) is 12.1. The smallest absolute Gasteiger partial charge is 0.305 e. The van der Waals surface area contributed by atoms with Crippen LogP contribution in [0.1, 0.15) is 29.0 Å². The largest absolute Gasteiger partial charge is 0.481 e. The molecule has 1 aliphatic rings. The summed E-state index contributed by atoms with van der Waals surface area (Å²) in [4.78, 5) is 15.6. The van der Waals surface area contributed by atoms with E-state index in [0.717, 1.165) is 32.5 Å². The molecule has 1 aromatic rings. The molecule has 0 amide bonds. The maximum Gasteiger partial charge on any atom is 0.305 e. The Bertz CT molecular complexity index is 411. The topological polar surface area (TPSA) is 49.8 Å². The Morgan fingerprint density at radius 2 is 2.21 bits per heavy atom. The molecule has 2 rings (SSSR count). The molecule has 0 unspecified atom stereocenters. The minimum atomic E-state index is -0.787. The van der Waals surface area contributed by atoms with Crippen molar-refractivity contribution in [3.8, 4) is 0 Å². The van der Waals surface area contributed by atoms with Gasteiger partial charge in [-0.05, 0) is 31.9 Å². The van der Waals surface area contributed by atoms with Crippen LogP contribution >= 0.6 is 11.3 Å². The zero-order valence-electron chi connectivity index (χ0n) is 11.3. The molecule has 1 aliphatic heterocycles. The highest BCUT2D eigenvalue weighted by molar-refractivity contribution is 7.11. The van der Waals surface area contributed by atoms with Crippen LogP contribution < -0.4 is 0 Å². The van der Waals surface area contributed by atoms with Crippen molar-refractivity contribution in [3.05, 3.63) is 21.9 Å². The number of aliphatic carboxylic acids is 1. The highest BCUT2D eigenvalue weighted by Gasteiger charge is 2.20. The quantitative estimate of drug-likeness (QED) is 0.871. The summed E-state index contributed by atoms with van der Waals surface area (Å²) >= 11 is 1.86. The first-order chi connectivity index (χ1) is 9.13. The standard InChI is InChI=1S/C14H21NO3S/c1-11-2-3-13(19-11)10-15-7-4-12(5-8-15)18-9-6-14(16)17/h2-3,12H,4-10H2,1H3,(H,16,17). The lowest BCUT2D eigenvalue weighted by Crippen LogP contribution is -2.36. The SMILES string of the molecule is Cc1ccc(CN2CCC(OCCC(=O)O)CC2)s1. The summed E-state index contributed by atoms with van der Waals surface area (Å²) in [5, 5.41) is 8.56. The van der Waals surface area contributed by atoms with Gasteiger partial charge in [0, 0.05) is 29.4 Å². The second kappa shape index (κ2) is 7.03. The molecule has 1 aromatic heterocycles. The first-order valence-corrected chi connectivity index (χ1v) is 7.56. The van der Waals surface area contributed by atoms with Crippen molar-refractivity contribution < 1.29 is 14.6 Å². The van der Waals surface area contributed by atoms with Crippen LogP contribution in [0.2, 0.25) is 0 Å². The van der Waals surface area contributed by atoms with E-state index in [2.05, 4.69) is 24.0 Å². The number of carboxylic acid groups (broad SMARTS) is 1. The molecule has 0 aromatic carbocycles. The Morgan fingerprint density at radius 3 is 2.79 bits per heavy atom. The molecule has 5 heteroatoms. The van der Waals surface area contributed by atoms with Gasteiger partial charge >= 0.3 is 5.97 Å². The molecule has 0 radical (unpaired) electrons. The van der Waals surface area contributed by atoms with Crippen LogP contribution in [0.4, 0.5) is 0 Å². The monoisotopic (exact) mass is 283 g/mol. The van der Waals surface area contributed by atoms with Crippen LogP contribution in [0.15, 0.2) is 12.1 Å². The Kier molecular flexibility index (Phi) is 5.36. The van der Waals surface area contributed by atoms with Gasteiger partial charge in [0.25, 0.3) is 0 Å². The molecule has 19 heavy (non-hydrogen) atoms. The molecule has 0 bridgehead atoms. The number of aryl methyl sites for hydroxylation is 1. The lowest BCUT2D eigenvalue weighted by molar-refractivity contribution is -0.138. The third kappa shape index (κ3) is 4.93. The third-order valence-corrected chi connectivity index (χ3v) is 4.36. The minimum Gasteiger partial charge on any atom is -0.481 e. The van der Waals surface area contributed by atoms with Crippen LogP contribution in [-0.2, 0) is 16.1 Å². The molecule has 1 N–H and O–H groups in total. The van der Waals surface area contributed by atoms with Crippen LogP contribution in [0.3, 0.4) is 0 Å². The van der Waals surface area contributed by atoms with E-state index in [1.54, 1.807) is 0 Å². The van der Waals surface area contributed by atoms with Crippen molar-refractivity contribution >= 4 is 17.3 Å².